The maximum atomic E-state index is 13.0. The fraction of sp³-hybridized carbons (Fsp3) is 0.130. The second-order valence-electron chi connectivity index (χ2n) is 6.98. The van der Waals surface area contributed by atoms with Gasteiger partial charge in [-0.2, -0.15) is 0 Å². The second-order valence-corrected chi connectivity index (χ2v) is 6.98. The molecule has 4 N–H and O–H groups in total. The van der Waals surface area contributed by atoms with Gasteiger partial charge in [-0.15, -0.1) is 0 Å². The Kier molecular flexibility index (Phi) is 4.45. The zero-order chi connectivity index (χ0) is 19.7. The van der Waals surface area contributed by atoms with Gasteiger partial charge in [0.1, 0.15) is 6.04 Å². The maximum Gasteiger partial charge on any atom is 0.244 e. The number of amides is 2. The molecule has 4 rings (SSSR count). The van der Waals surface area contributed by atoms with E-state index in [1.165, 1.54) is 0 Å². The summed E-state index contributed by atoms with van der Waals surface area (Å²) < 4.78 is 0. The van der Waals surface area contributed by atoms with Gasteiger partial charge in [0.25, 0.3) is 0 Å². The van der Waals surface area contributed by atoms with E-state index in [1.807, 2.05) is 91.0 Å². The van der Waals surface area contributed by atoms with Gasteiger partial charge in [0, 0.05) is 0 Å². The lowest BCUT2D eigenvalue weighted by Gasteiger charge is -2.52. The van der Waals surface area contributed by atoms with Crippen LogP contribution in [-0.4, -0.2) is 22.9 Å². The highest BCUT2D eigenvalue weighted by Gasteiger charge is 2.61. The topological polar surface area (TPSA) is 89.4 Å². The molecule has 3 aromatic carbocycles. The minimum atomic E-state index is -0.895. The molecule has 5 nitrogen and oxygen atoms in total. The summed E-state index contributed by atoms with van der Waals surface area (Å²) in [5.74, 6) is 4.22. The minimum absolute atomic E-state index is 0.305. The molecule has 0 bridgehead atoms. The molecule has 0 unspecified atom stereocenters. The van der Waals surface area contributed by atoms with Crippen LogP contribution in [0.5, 0.6) is 0 Å². The summed E-state index contributed by atoms with van der Waals surface area (Å²) in [5.41, 5.74) is 7.49. The van der Waals surface area contributed by atoms with Gasteiger partial charge in [-0.3, -0.25) is 14.6 Å². The van der Waals surface area contributed by atoms with E-state index in [4.69, 9.17) is 11.6 Å². The zero-order valence-electron chi connectivity index (χ0n) is 15.2. The van der Waals surface area contributed by atoms with E-state index in [0.29, 0.717) is 0 Å². The smallest absolute Gasteiger partial charge is 0.244 e. The number of nitrogens with two attached hydrogens (primary N) is 2. The largest absolute Gasteiger partial charge is 0.368 e. The maximum absolute atomic E-state index is 13.0. The number of hydrazine groups is 1. The first kappa shape index (κ1) is 17.9. The minimum Gasteiger partial charge on any atom is -0.368 e. The third kappa shape index (κ3) is 2.52. The van der Waals surface area contributed by atoms with Crippen molar-refractivity contribution in [3.05, 3.63) is 108 Å². The number of nitrogens with zero attached hydrogens (tertiary/aromatic N) is 1. The van der Waals surface area contributed by atoms with Crippen LogP contribution in [0.4, 0.5) is 0 Å². The Morgan fingerprint density at radius 1 is 0.750 bits per heavy atom. The first-order chi connectivity index (χ1) is 13.6. The van der Waals surface area contributed by atoms with Crippen molar-refractivity contribution in [3.8, 4) is 0 Å². The van der Waals surface area contributed by atoms with E-state index in [0.717, 1.165) is 21.7 Å². The Hall–Kier alpha value is -3.44. The summed E-state index contributed by atoms with van der Waals surface area (Å²) >= 11 is 0. The first-order valence-corrected chi connectivity index (χ1v) is 9.12. The number of benzene rings is 3. The molecule has 0 spiro atoms. The molecule has 1 heterocycles. The molecule has 1 saturated heterocycles. The Balaban J connectivity index is 2.08. The summed E-state index contributed by atoms with van der Waals surface area (Å²) in [6.45, 7) is 0. The van der Waals surface area contributed by atoms with Gasteiger partial charge in [-0.1, -0.05) is 91.0 Å². The summed E-state index contributed by atoms with van der Waals surface area (Å²) in [6.07, 6.45) is 0. The Bertz CT molecular complexity index is 893. The number of hydrogen-bond acceptors (Lipinski definition) is 3. The lowest BCUT2D eigenvalue weighted by Crippen LogP contribution is -2.73. The molecule has 1 fully saturated rings. The molecular weight excluding hydrogens is 350 g/mol. The SMILES string of the molecule is NC(=O)[C@@H]1[C@H](C(c2ccccc2)(c2ccccc2)c2ccccc2)C(=O)N1N. The van der Waals surface area contributed by atoms with Crippen LogP contribution in [-0.2, 0) is 15.0 Å². The molecule has 0 aromatic heterocycles. The van der Waals surface area contributed by atoms with Crippen molar-refractivity contribution in [2.45, 2.75) is 11.5 Å². The van der Waals surface area contributed by atoms with E-state index >= 15 is 0 Å². The third-order valence-electron chi connectivity index (χ3n) is 5.58. The fourth-order valence-corrected chi connectivity index (χ4v) is 4.38. The van der Waals surface area contributed by atoms with Gasteiger partial charge < -0.3 is 5.73 Å². The highest BCUT2D eigenvalue weighted by molar-refractivity contribution is 6.00. The monoisotopic (exact) mass is 371 g/mol. The fourth-order valence-electron chi connectivity index (χ4n) is 4.38. The van der Waals surface area contributed by atoms with Crippen LogP contribution in [0.15, 0.2) is 91.0 Å². The summed E-state index contributed by atoms with van der Waals surface area (Å²) in [6, 6.07) is 28.3. The van der Waals surface area contributed by atoms with Crippen molar-refractivity contribution in [1.82, 2.24) is 5.01 Å². The molecule has 0 aliphatic carbocycles. The third-order valence-corrected chi connectivity index (χ3v) is 5.58. The molecule has 3 aromatic rings. The van der Waals surface area contributed by atoms with Crippen LogP contribution < -0.4 is 11.6 Å². The van der Waals surface area contributed by atoms with E-state index in [9.17, 15) is 9.59 Å². The van der Waals surface area contributed by atoms with Gasteiger partial charge in [-0.25, -0.2) is 5.84 Å². The van der Waals surface area contributed by atoms with Crippen LogP contribution in [0.2, 0.25) is 0 Å². The van der Waals surface area contributed by atoms with E-state index in [1.54, 1.807) is 0 Å². The van der Waals surface area contributed by atoms with Gasteiger partial charge >= 0.3 is 0 Å². The average Bonchev–Trinajstić information content (AvgIpc) is 2.75. The number of carbonyl (C=O) groups excluding carboxylic acids is 2. The highest BCUT2D eigenvalue weighted by Crippen LogP contribution is 2.50. The molecule has 1 aliphatic rings. The summed E-state index contributed by atoms with van der Waals surface area (Å²) in [4.78, 5) is 25.3. The van der Waals surface area contributed by atoms with Crippen molar-refractivity contribution < 1.29 is 9.59 Å². The highest BCUT2D eigenvalue weighted by atomic mass is 16.2. The predicted octanol–water partition coefficient (Wildman–Crippen LogP) is 2.21. The number of β-lactam (4-membered cyclic amide) rings is 1. The Labute approximate surface area is 163 Å². The van der Waals surface area contributed by atoms with Crippen molar-refractivity contribution in [2.75, 3.05) is 0 Å². The number of rotatable bonds is 5. The predicted molar refractivity (Wildman–Crippen MR) is 107 cm³/mol. The Morgan fingerprint density at radius 2 is 1.11 bits per heavy atom. The van der Waals surface area contributed by atoms with Crippen molar-refractivity contribution >= 4 is 11.8 Å². The van der Waals surface area contributed by atoms with Crippen molar-refractivity contribution in [2.24, 2.45) is 17.5 Å². The quantitative estimate of drug-likeness (QED) is 0.312. The van der Waals surface area contributed by atoms with Crippen LogP contribution in [0.1, 0.15) is 16.7 Å². The first-order valence-electron chi connectivity index (χ1n) is 9.12. The van der Waals surface area contributed by atoms with Crippen LogP contribution in [0, 0.1) is 5.92 Å². The summed E-state index contributed by atoms with van der Waals surface area (Å²) in [5, 5.41) is 0.955. The normalized spacial score (nSPS) is 19.2. The second kappa shape index (κ2) is 6.94. The number of primary amides is 1. The molecule has 28 heavy (non-hydrogen) atoms. The zero-order valence-corrected chi connectivity index (χ0v) is 15.2. The van der Waals surface area contributed by atoms with Gasteiger partial charge in [-0.05, 0) is 16.7 Å². The van der Waals surface area contributed by atoms with Gasteiger partial charge in [0.05, 0.1) is 11.3 Å². The standard InChI is InChI=1S/C23H21N3O2/c24-21(27)20-19(22(28)26(20)25)23(16-10-4-1-5-11-16,17-12-6-2-7-13-17)18-14-8-3-9-15-18/h1-15,19-20H,25H2,(H2,24,27)/t19-,20-/m0/s1. The van der Waals surface area contributed by atoms with Crippen molar-refractivity contribution in [1.29, 1.82) is 0 Å². The molecule has 5 heteroatoms. The van der Waals surface area contributed by atoms with E-state index in [-0.39, 0.29) is 5.91 Å². The van der Waals surface area contributed by atoms with Crippen LogP contribution in [0.3, 0.4) is 0 Å². The van der Waals surface area contributed by atoms with Crippen molar-refractivity contribution in [3.63, 3.8) is 0 Å². The lowest BCUT2D eigenvalue weighted by molar-refractivity contribution is -0.165. The summed E-state index contributed by atoms with van der Waals surface area (Å²) in [7, 11) is 0. The lowest BCUT2D eigenvalue weighted by atomic mass is 9.56. The van der Waals surface area contributed by atoms with Crippen LogP contribution >= 0.6 is 0 Å². The van der Waals surface area contributed by atoms with E-state index in [2.05, 4.69) is 0 Å². The molecule has 2 amide bonds. The van der Waals surface area contributed by atoms with E-state index < -0.39 is 23.3 Å². The molecule has 2 atom stereocenters. The molecule has 0 saturated carbocycles. The average molecular weight is 371 g/mol. The Morgan fingerprint density at radius 3 is 1.43 bits per heavy atom. The van der Waals surface area contributed by atoms with Gasteiger partial charge in [0.15, 0.2) is 0 Å². The molecule has 0 radical (unpaired) electrons. The number of carbonyl (C=O) groups is 2. The van der Waals surface area contributed by atoms with Gasteiger partial charge in [0.2, 0.25) is 11.8 Å². The molecule has 1 aliphatic heterocycles. The van der Waals surface area contributed by atoms with Crippen LogP contribution in [0.25, 0.3) is 0 Å². The number of hydrogen-bond donors (Lipinski definition) is 2. The molecule has 140 valence electrons. The molecular formula is C23H21N3O2.